The molecule has 2 unspecified atom stereocenters. The lowest BCUT2D eigenvalue weighted by Gasteiger charge is -2.27. The van der Waals surface area contributed by atoms with Crippen LogP contribution in [0.3, 0.4) is 0 Å². The number of hydrogen-bond donors (Lipinski definition) is 3. The summed E-state index contributed by atoms with van der Waals surface area (Å²) in [5, 5.41) is 15.7. The number of carbonyl (C=O) groups excluding carboxylic acids is 1. The fourth-order valence-electron chi connectivity index (χ4n) is 3.41. The van der Waals surface area contributed by atoms with Gasteiger partial charge in [0.2, 0.25) is 10.0 Å². The number of sulfonamides is 1. The summed E-state index contributed by atoms with van der Waals surface area (Å²) >= 11 is 0. The lowest BCUT2D eigenvalue weighted by molar-refractivity contribution is 0.0730. The van der Waals surface area contributed by atoms with Gasteiger partial charge in [-0.2, -0.15) is 4.31 Å². The molecule has 2 fully saturated rings. The van der Waals surface area contributed by atoms with Crippen LogP contribution in [0.4, 0.5) is 0 Å². The highest BCUT2D eigenvalue weighted by Crippen LogP contribution is 2.23. The molecule has 0 radical (unpaired) electrons. The van der Waals surface area contributed by atoms with Crippen LogP contribution >= 0.6 is 0 Å². The van der Waals surface area contributed by atoms with E-state index in [0.29, 0.717) is 63.5 Å². The molecule has 0 saturated carbocycles. The molecule has 9 heteroatoms. The molecule has 0 spiro atoms. The molecule has 0 bridgehead atoms. The van der Waals surface area contributed by atoms with Crippen molar-refractivity contribution in [2.24, 2.45) is 5.92 Å². The molecule has 1 aromatic rings. The van der Waals surface area contributed by atoms with Crippen molar-refractivity contribution < 1.29 is 23.1 Å². The predicted octanol–water partition coefficient (Wildman–Crippen LogP) is -0.420. The highest BCUT2D eigenvalue weighted by atomic mass is 32.2. The number of aryl methyl sites for hydroxylation is 1. The first-order chi connectivity index (χ1) is 12.9. The van der Waals surface area contributed by atoms with Gasteiger partial charge in [-0.15, -0.1) is 0 Å². The van der Waals surface area contributed by atoms with Crippen molar-refractivity contribution >= 4 is 15.9 Å². The fraction of sp³-hybridized carbons (Fsp3) is 0.611. The minimum absolute atomic E-state index is 0.0413. The number of carbonyl (C=O) groups is 1. The summed E-state index contributed by atoms with van der Waals surface area (Å²) in [6.07, 6.45) is 0.0748. The van der Waals surface area contributed by atoms with Crippen LogP contribution in [0.2, 0.25) is 0 Å². The molecular formula is C18H27N3O5S. The van der Waals surface area contributed by atoms with E-state index in [4.69, 9.17) is 4.74 Å². The van der Waals surface area contributed by atoms with Crippen LogP contribution < -0.4 is 10.6 Å². The van der Waals surface area contributed by atoms with Crippen molar-refractivity contribution in [1.29, 1.82) is 0 Å². The number of nitrogens with zero attached hydrogens (tertiary/aromatic N) is 1. The maximum absolute atomic E-state index is 13.0. The van der Waals surface area contributed by atoms with E-state index in [2.05, 4.69) is 10.6 Å². The molecule has 1 amide bonds. The Morgan fingerprint density at radius 2 is 2.07 bits per heavy atom. The SMILES string of the molecule is CCc1ccc(C(=O)NCC2CNCC2O)cc1S(=O)(=O)N1CCOCC1. The zero-order chi connectivity index (χ0) is 19.4. The van der Waals surface area contributed by atoms with E-state index in [1.54, 1.807) is 12.1 Å². The van der Waals surface area contributed by atoms with Crippen LogP contribution in [-0.2, 0) is 21.2 Å². The van der Waals surface area contributed by atoms with Gasteiger partial charge in [-0.3, -0.25) is 4.79 Å². The number of amides is 1. The molecule has 2 heterocycles. The molecule has 3 N–H and O–H groups in total. The van der Waals surface area contributed by atoms with Crippen LogP contribution in [-0.4, -0.2) is 75.8 Å². The molecule has 2 aliphatic rings. The molecule has 0 aliphatic carbocycles. The minimum Gasteiger partial charge on any atom is -0.391 e. The van der Waals surface area contributed by atoms with Crippen molar-refractivity contribution in [2.75, 3.05) is 45.9 Å². The van der Waals surface area contributed by atoms with Crippen LogP contribution in [0.1, 0.15) is 22.8 Å². The Kier molecular flexibility index (Phi) is 6.48. The molecule has 0 aromatic heterocycles. The van der Waals surface area contributed by atoms with Gasteiger partial charge in [0.05, 0.1) is 24.2 Å². The number of nitrogens with one attached hydrogen (secondary N) is 2. The number of rotatable bonds is 6. The van der Waals surface area contributed by atoms with Gasteiger partial charge < -0.3 is 20.5 Å². The monoisotopic (exact) mass is 397 g/mol. The Morgan fingerprint density at radius 3 is 2.70 bits per heavy atom. The summed E-state index contributed by atoms with van der Waals surface area (Å²) in [4.78, 5) is 12.7. The van der Waals surface area contributed by atoms with Gasteiger partial charge >= 0.3 is 0 Å². The molecule has 1 aromatic carbocycles. The lowest BCUT2D eigenvalue weighted by atomic mass is 10.1. The number of ether oxygens (including phenoxy) is 1. The Balaban J connectivity index is 1.79. The summed E-state index contributed by atoms with van der Waals surface area (Å²) in [6.45, 7) is 4.77. The Hall–Kier alpha value is -1.52. The average Bonchev–Trinajstić information content (AvgIpc) is 3.11. The second-order valence-electron chi connectivity index (χ2n) is 6.89. The third-order valence-electron chi connectivity index (χ3n) is 5.13. The Morgan fingerprint density at radius 1 is 1.33 bits per heavy atom. The number of aliphatic hydroxyl groups excluding tert-OH is 1. The van der Waals surface area contributed by atoms with Gasteiger partial charge in [-0.05, 0) is 24.1 Å². The number of hydrogen-bond acceptors (Lipinski definition) is 6. The van der Waals surface area contributed by atoms with Gasteiger partial charge in [0.25, 0.3) is 5.91 Å². The van der Waals surface area contributed by atoms with E-state index in [-0.39, 0.29) is 16.7 Å². The standard InChI is InChI=1S/C18H27N3O5S/c1-2-13-3-4-14(18(23)20-11-15-10-19-12-16(15)22)9-17(13)27(24,25)21-5-7-26-8-6-21/h3-4,9,15-16,19,22H,2,5-8,10-12H2,1H3,(H,20,23). The summed E-state index contributed by atoms with van der Waals surface area (Å²) in [6, 6.07) is 4.81. The molecular weight excluding hydrogens is 370 g/mol. The molecule has 3 rings (SSSR count). The van der Waals surface area contributed by atoms with Gasteiger partial charge in [-0.1, -0.05) is 13.0 Å². The van der Waals surface area contributed by atoms with Crippen molar-refractivity contribution in [3.8, 4) is 0 Å². The zero-order valence-corrected chi connectivity index (χ0v) is 16.3. The maximum Gasteiger partial charge on any atom is 0.251 e. The van der Waals surface area contributed by atoms with Gasteiger partial charge in [0.1, 0.15) is 0 Å². The van der Waals surface area contributed by atoms with Crippen molar-refractivity contribution in [1.82, 2.24) is 14.9 Å². The van der Waals surface area contributed by atoms with Crippen molar-refractivity contribution in [2.45, 2.75) is 24.3 Å². The van der Waals surface area contributed by atoms with E-state index in [1.807, 2.05) is 6.92 Å². The van der Waals surface area contributed by atoms with Crippen LogP contribution in [0, 0.1) is 5.92 Å². The summed E-state index contributed by atoms with van der Waals surface area (Å²) < 4.78 is 32.8. The quantitative estimate of drug-likeness (QED) is 0.602. The van der Waals surface area contributed by atoms with Gasteiger partial charge in [0.15, 0.2) is 0 Å². The van der Waals surface area contributed by atoms with Crippen LogP contribution in [0.5, 0.6) is 0 Å². The molecule has 2 atom stereocenters. The third kappa shape index (κ3) is 4.49. The Bertz CT molecular complexity index is 777. The molecule has 2 aliphatic heterocycles. The first-order valence-electron chi connectivity index (χ1n) is 9.31. The first-order valence-corrected chi connectivity index (χ1v) is 10.7. The maximum atomic E-state index is 13.0. The largest absolute Gasteiger partial charge is 0.391 e. The number of morpholine rings is 1. The third-order valence-corrected chi connectivity index (χ3v) is 7.11. The molecule has 150 valence electrons. The lowest BCUT2D eigenvalue weighted by Crippen LogP contribution is -2.41. The number of β-amino-alcohol motifs (C(OH)–C–C–N with tert-alkyl or cyclic N) is 1. The van der Waals surface area contributed by atoms with Gasteiger partial charge in [-0.25, -0.2) is 8.42 Å². The second-order valence-corrected chi connectivity index (χ2v) is 8.79. The van der Waals surface area contributed by atoms with E-state index in [9.17, 15) is 18.3 Å². The van der Waals surface area contributed by atoms with Crippen LogP contribution in [0.25, 0.3) is 0 Å². The summed E-state index contributed by atoms with van der Waals surface area (Å²) in [7, 11) is -3.68. The fourth-order valence-corrected chi connectivity index (χ4v) is 5.13. The summed E-state index contributed by atoms with van der Waals surface area (Å²) in [5.41, 5.74) is 0.993. The first kappa shape index (κ1) is 20.2. The highest BCUT2D eigenvalue weighted by molar-refractivity contribution is 7.89. The van der Waals surface area contributed by atoms with E-state index >= 15 is 0 Å². The van der Waals surface area contributed by atoms with Crippen molar-refractivity contribution in [3.05, 3.63) is 29.3 Å². The van der Waals surface area contributed by atoms with E-state index in [0.717, 1.165) is 0 Å². The average molecular weight is 397 g/mol. The minimum atomic E-state index is -3.68. The smallest absolute Gasteiger partial charge is 0.251 e. The molecule has 2 saturated heterocycles. The molecule has 27 heavy (non-hydrogen) atoms. The van der Waals surface area contributed by atoms with E-state index in [1.165, 1.54) is 10.4 Å². The number of aliphatic hydroxyl groups is 1. The van der Waals surface area contributed by atoms with Crippen LogP contribution in [0.15, 0.2) is 23.1 Å². The van der Waals surface area contributed by atoms with Crippen molar-refractivity contribution in [3.63, 3.8) is 0 Å². The normalized spacial score (nSPS) is 24.1. The number of benzene rings is 1. The zero-order valence-electron chi connectivity index (χ0n) is 15.5. The Labute approximate surface area is 159 Å². The molecule has 8 nitrogen and oxygen atoms in total. The highest BCUT2D eigenvalue weighted by Gasteiger charge is 2.29. The summed E-state index contributed by atoms with van der Waals surface area (Å²) in [5.74, 6) is -0.379. The van der Waals surface area contributed by atoms with Gasteiger partial charge in [0, 0.05) is 44.2 Å². The second kappa shape index (κ2) is 8.66. The van der Waals surface area contributed by atoms with E-state index < -0.39 is 16.1 Å². The predicted molar refractivity (Wildman–Crippen MR) is 100 cm³/mol. The topological polar surface area (TPSA) is 108 Å².